The first kappa shape index (κ1) is 77.0. The van der Waals surface area contributed by atoms with Crippen molar-refractivity contribution >= 4 is 54.5 Å². The summed E-state index contributed by atoms with van der Waals surface area (Å²) in [5.41, 5.74) is 38.6. The van der Waals surface area contributed by atoms with Crippen LogP contribution in [0.3, 0.4) is 0 Å². The monoisotopic (exact) mass is 1650 g/mol. The Hall–Kier alpha value is -10.8. The van der Waals surface area contributed by atoms with Crippen LogP contribution in [0.25, 0.3) is 111 Å². The molecule has 15 aromatic rings. The molecular weight excluding hydrogens is 1490 g/mol. The number of halogens is 1. The van der Waals surface area contributed by atoms with Gasteiger partial charge in [-0.15, -0.1) is 0 Å². The number of pyridine rings is 5. The minimum atomic E-state index is -2.17. The molecule has 0 aliphatic carbocycles. The van der Waals surface area contributed by atoms with Crippen LogP contribution in [0.1, 0.15) is 277 Å². The molecule has 10 aromatic carbocycles. The van der Waals surface area contributed by atoms with E-state index in [4.69, 9.17) is 16.4 Å². The fraction of sp³-hybridized carbons (Fsp3) is 0.359. The van der Waals surface area contributed by atoms with Gasteiger partial charge < -0.3 is 0 Å². The van der Waals surface area contributed by atoms with E-state index in [9.17, 15) is 0 Å². The fourth-order valence-corrected chi connectivity index (χ4v) is 17.9. The quantitative estimate of drug-likeness (QED) is 0.103. The Labute approximate surface area is 756 Å². The second-order valence-electron chi connectivity index (χ2n) is 36.7. The topological polar surface area (TPSA) is 19.4 Å². The van der Waals surface area contributed by atoms with Gasteiger partial charge in [0.05, 0.1) is 5.39 Å². The molecule has 6 heteroatoms. The molecule has 0 amide bonds. The lowest BCUT2D eigenvalue weighted by molar-refractivity contribution is -0.633. The van der Waals surface area contributed by atoms with Gasteiger partial charge in [0.15, 0.2) is 0 Å². The van der Waals surface area contributed by atoms with Gasteiger partial charge in [0.25, 0.3) is 0 Å². The lowest BCUT2D eigenvalue weighted by Crippen LogP contribution is -2.33. The molecule has 5 aromatic heterocycles. The zero-order chi connectivity index (χ0) is 100. The van der Waals surface area contributed by atoms with Gasteiger partial charge in [0.2, 0.25) is 56.1 Å². The maximum Gasteiger partial charge on any atom is 0.213 e. The van der Waals surface area contributed by atoms with Crippen molar-refractivity contribution in [2.45, 2.75) is 249 Å². The van der Waals surface area contributed by atoms with Crippen LogP contribution in [-0.4, -0.2) is 0 Å². The van der Waals surface area contributed by atoms with E-state index in [0.717, 1.165) is 124 Å². The first-order valence-corrected chi connectivity index (χ1v) is 44.4. The van der Waals surface area contributed by atoms with Gasteiger partial charge in [-0.05, 0) is 313 Å². The van der Waals surface area contributed by atoms with Crippen molar-refractivity contribution in [3.63, 3.8) is 0 Å². The van der Waals surface area contributed by atoms with Crippen molar-refractivity contribution in [2.24, 2.45) is 35.2 Å². The number of nitrogens with zero attached hydrogens (tertiary/aromatic N) is 5. The number of rotatable bonds is 13. The van der Waals surface area contributed by atoms with Crippen molar-refractivity contribution in [3.8, 4) is 56.3 Å². The molecule has 0 N–H and O–H groups in total. The van der Waals surface area contributed by atoms with Gasteiger partial charge in [-0.3, -0.25) is 0 Å². The first-order valence-electron chi connectivity index (χ1n) is 50.4. The Morgan fingerprint density at radius 1 is 0.285 bits per heavy atom. The molecule has 0 spiro atoms. The van der Waals surface area contributed by atoms with E-state index < -0.39 is 27.4 Å². The molecule has 638 valence electrons. The standard InChI is InChI=1S/C25H31FN.C25H32N.C23H28N.2C22H26N/c1-14(2)20-13-23-19(24(15(3)4)25(20)26)9-10-22(27(23)8)21-12-16(5)11-17(6)18(21)7;1-15(2)20-13-22(16(3)4)21-9-10-24(26(8)25(21)14-20)23-12-17(5)11-18(6)19(23)7;1-7-18-13-19(8-2)20-9-10-22(24(6)23(20)14-18)21-12-15(3)11-16(4)17(21)5;1-14(2)19-8-7-18-9-10-21(23(6)22(18)13-19)20-12-15(3)11-16(4)17(20)5;1-14(2)18-8-7-9-21-19(18)10-11-22(23(21)6)20-13-15(3)12-16(4)17(20)5/h9-15H,1-8H3;9-16H,1-8H3;9-14H,7-8H2,1-6H3;2*7-14H,1-6H3/q5*+1/i2*6D3;2*4D3;. The largest absolute Gasteiger partial charge is 0.213 e. The molecule has 5 nitrogen and oxygen atoms in total. The number of benzene rings is 10. The van der Waals surface area contributed by atoms with Crippen LogP contribution >= 0.6 is 0 Å². The Balaban J connectivity index is 0.000000163. The smallest absolute Gasteiger partial charge is 0.206 e. The third kappa shape index (κ3) is 19.4. The summed E-state index contributed by atoms with van der Waals surface area (Å²) in [6.07, 6.45) is 2.00. The summed E-state index contributed by atoms with van der Waals surface area (Å²) < 4.78 is 121. The molecule has 0 unspecified atom stereocenters. The number of aryl methyl sites for hydroxylation is 17. The third-order valence-electron chi connectivity index (χ3n) is 25.7. The van der Waals surface area contributed by atoms with E-state index in [0.29, 0.717) is 51.5 Å². The van der Waals surface area contributed by atoms with Crippen LogP contribution in [-0.2, 0) is 48.1 Å². The summed E-state index contributed by atoms with van der Waals surface area (Å²) in [7, 11) is 10.4. The van der Waals surface area contributed by atoms with Crippen LogP contribution in [0.15, 0.2) is 188 Å². The minimum Gasteiger partial charge on any atom is -0.206 e. The minimum absolute atomic E-state index is 0.0555. The summed E-state index contributed by atoms with van der Waals surface area (Å²) in [6.45, 7) is 43.8. The molecule has 123 heavy (non-hydrogen) atoms. The molecule has 15 rings (SSSR count). The molecule has 5 heterocycles. The highest BCUT2D eigenvalue weighted by molar-refractivity contribution is 5.87. The highest BCUT2D eigenvalue weighted by atomic mass is 19.1. The van der Waals surface area contributed by atoms with Crippen LogP contribution in [0.2, 0.25) is 0 Å². The number of aromatic nitrogens is 5. The van der Waals surface area contributed by atoms with Crippen molar-refractivity contribution in [1.82, 2.24) is 0 Å². The highest BCUT2D eigenvalue weighted by Crippen LogP contribution is 2.39. The predicted octanol–water partition coefficient (Wildman–Crippen LogP) is 29.3. The third-order valence-corrected chi connectivity index (χ3v) is 25.7. The van der Waals surface area contributed by atoms with Crippen molar-refractivity contribution in [2.75, 3.05) is 0 Å². The van der Waals surface area contributed by atoms with Gasteiger partial charge in [-0.2, -0.15) is 22.8 Å². The van der Waals surface area contributed by atoms with E-state index in [1.54, 1.807) is 24.3 Å². The average molecular weight is 1650 g/mol. The van der Waals surface area contributed by atoms with Crippen molar-refractivity contribution in [1.29, 1.82) is 0 Å². The fourth-order valence-electron chi connectivity index (χ4n) is 17.9. The lowest BCUT2D eigenvalue weighted by Gasteiger charge is -2.17. The second-order valence-corrected chi connectivity index (χ2v) is 36.7. The summed E-state index contributed by atoms with van der Waals surface area (Å²) >= 11 is 0. The lowest BCUT2D eigenvalue weighted by atomic mass is 9.90. The van der Waals surface area contributed by atoms with E-state index in [2.05, 4.69) is 281 Å². The van der Waals surface area contributed by atoms with Crippen LogP contribution in [0.5, 0.6) is 0 Å². The number of hydrogen-bond acceptors (Lipinski definition) is 0. The van der Waals surface area contributed by atoms with Crippen molar-refractivity contribution < 1.29 is 43.7 Å². The maximum absolute atomic E-state index is 15.3. The van der Waals surface area contributed by atoms with E-state index in [1.807, 2.05) is 114 Å². The van der Waals surface area contributed by atoms with Gasteiger partial charge in [0, 0.05) is 132 Å². The highest BCUT2D eigenvalue weighted by Gasteiger charge is 2.29. The van der Waals surface area contributed by atoms with Crippen LogP contribution in [0.4, 0.5) is 4.39 Å². The van der Waals surface area contributed by atoms with Gasteiger partial charge in [-0.1, -0.05) is 185 Å². The Kier molecular flexibility index (Phi) is 24.1. The normalized spacial score (nSPS) is 13.4. The SMILES string of the molecule is Cc1cc(C)c(C)c(-c2ccc3c(C(C)C)cccc3[n+]2C)c1.[2H]C([2H])([2H])c1cc(C)cc(-c2ccc3c(C(C)C)c(F)c(C(C)C)cc3[n+]2C)c1C.[2H]C([2H])([2H])c1cc(C)cc(-c2ccc3c(C(C)C)cc(C(C)C)cc3[n+]2C)c1C.[2H]C([2H])([2H])c1cc(C)cc(-c2ccc3c(CC)cc(CC)cc3[n+]2C)c1C.[2H]C([2H])([2H])c1cc(C)cc(-c2ccc3ccc(C(C)C)cc3[n+]2C)c1C. The molecule has 0 aliphatic heterocycles. The Bertz CT molecular complexity index is 7040. The summed E-state index contributed by atoms with van der Waals surface area (Å²) in [5, 5.41) is 5.97. The molecular formula is C117H143FN5+5. The molecule has 0 radical (unpaired) electrons. The van der Waals surface area contributed by atoms with E-state index in [-0.39, 0.29) is 17.7 Å². The van der Waals surface area contributed by atoms with E-state index in [1.165, 1.54) is 99.4 Å². The maximum atomic E-state index is 15.3. The second kappa shape index (κ2) is 38.5. The van der Waals surface area contributed by atoms with Gasteiger partial charge in [-0.25, -0.2) is 4.39 Å². The molecule has 0 aliphatic rings. The van der Waals surface area contributed by atoms with E-state index >= 15 is 4.39 Å². The summed E-state index contributed by atoms with van der Waals surface area (Å²) in [4.78, 5) is 0. The molecule has 0 fully saturated rings. The molecule has 0 saturated carbocycles. The Morgan fingerprint density at radius 2 is 0.634 bits per heavy atom. The Morgan fingerprint density at radius 3 is 1.03 bits per heavy atom. The van der Waals surface area contributed by atoms with Crippen LogP contribution in [0, 0.1) is 109 Å². The molecule has 0 atom stereocenters. The predicted molar refractivity (Wildman–Crippen MR) is 527 cm³/mol. The zero-order valence-corrected chi connectivity index (χ0v) is 79.4. The number of fused-ring (bicyclic) bond motifs is 5. The molecule has 0 saturated heterocycles. The number of hydrogen-bond donors (Lipinski definition) is 0. The average Bonchev–Trinajstić information content (AvgIpc) is 0.728. The zero-order valence-electron chi connectivity index (χ0n) is 91.4. The van der Waals surface area contributed by atoms with Crippen molar-refractivity contribution in [3.05, 3.63) is 322 Å². The summed E-state index contributed by atoms with van der Waals surface area (Å²) in [5.74, 6) is 1.89. The molecule has 0 bridgehead atoms. The van der Waals surface area contributed by atoms with Gasteiger partial charge in [0.1, 0.15) is 41.1 Å². The van der Waals surface area contributed by atoms with Gasteiger partial charge >= 0.3 is 0 Å². The first-order chi connectivity index (χ1) is 62.9. The van der Waals surface area contributed by atoms with Crippen LogP contribution < -0.4 is 22.8 Å². The summed E-state index contributed by atoms with van der Waals surface area (Å²) in [6, 6.07) is 65.7.